The average molecular weight is 298 g/mol. The summed E-state index contributed by atoms with van der Waals surface area (Å²) in [6.45, 7) is 10.7. The summed E-state index contributed by atoms with van der Waals surface area (Å²) < 4.78 is 23.4. The van der Waals surface area contributed by atoms with Crippen LogP contribution in [0.15, 0.2) is 0 Å². The molecule has 3 aliphatic rings. The Morgan fingerprint density at radius 1 is 1.00 bits per heavy atom. The smallest absolute Gasteiger partial charge is 0.164 e. The van der Waals surface area contributed by atoms with Crippen molar-refractivity contribution in [1.82, 2.24) is 0 Å². The van der Waals surface area contributed by atoms with Crippen molar-refractivity contribution >= 4 is 5.78 Å². The average Bonchev–Trinajstić information content (AvgIpc) is 2.56. The predicted octanol–water partition coefficient (Wildman–Crippen LogP) is 2.27. The molecule has 0 radical (unpaired) electrons. The van der Waals surface area contributed by atoms with E-state index in [0.717, 1.165) is 0 Å². The highest BCUT2D eigenvalue weighted by Gasteiger charge is 2.56. The van der Waals surface area contributed by atoms with Crippen LogP contribution in [-0.4, -0.2) is 42.3 Å². The molecule has 2 saturated heterocycles. The zero-order chi connectivity index (χ0) is 15.5. The lowest BCUT2D eigenvalue weighted by molar-refractivity contribution is -0.268. The van der Waals surface area contributed by atoms with E-state index < -0.39 is 17.2 Å². The van der Waals surface area contributed by atoms with E-state index in [-0.39, 0.29) is 23.7 Å². The molecule has 21 heavy (non-hydrogen) atoms. The summed E-state index contributed by atoms with van der Waals surface area (Å²) in [6, 6.07) is 0. The van der Waals surface area contributed by atoms with Crippen LogP contribution >= 0.6 is 0 Å². The molecule has 1 saturated carbocycles. The van der Waals surface area contributed by atoms with Crippen molar-refractivity contribution in [3.63, 3.8) is 0 Å². The van der Waals surface area contributed by atoms with E-state index in [9.17, 15) is 4.79 Å². The molecule has 0 aromatic heterocycles. The van der Waals surface area contributed by atoms with Gasteiger partial charge in [0.15, 0.2) is 11.6 Å². The minimum absolute atomic E-state index is 0.0369. The van der Waals surface area contributed by atoms with E-state index in [1.165, 1.54) is 0 Å². The normalized spacial score (nSPS) is 42.8. The second-order valence-electron chi connectivity index (χ2n) is 7.69. The summed E-state index contributed by atoms with van der Waals surface area (Å²) in [5, 5.41) is 0. The Morgan fingerprint density at radius 3 is 2.24 bits per heavy atom. The molecule has 2 heterocycles. The van der Waals surface area contributed by atoms with Gasteiger partial charge >= 0.3 is 0 Å². The molecule has 0 unspecified atom stereocenters. The molecular formula is C16H26O5. The molecule has 5 nitrogen and oxygen atoms in total. The number of fused-ring (bicyclic) bond motifs is 1. The number of hydrogen-bond acceptors (Lipinski definition) is 5. The van der Waals surface area contributed by atoms with Gasteiger partial charge < -0.3 is 18.9 Å². The SMILES string of the molecule is CC1(C)OCC([C@H]2C[C@H]3OC(C)(C)O[C@@]3(C)CC2=O)CO1. The van der Waals surface area contributed by atoms with Crippen LogP contribution in [0.1, 0.15) is 47.5 Å². The van der Waals surface area contributed by atoms with Gasteiger partial charge in [-0.15, -0.1) is 0 Å². The highest BCUT2D eigenvalue weighted by Crippen LogP contribution is 2.47. The van der Waals surface area contributed by atoms with Crippen LogP contribution in [-0.2, 0) is 23.7 Å². The number of ketones is 1. The molecule has 0 aromatic carbocycles. The van der Waals surface area contributed by atoms with Gasteiger partial charge in [-0.05, 0) is 41.0 Å². The first-order chi connectivity index (χ1) is 9.60. The monoisotopic (exact) mass is 298 g/mol. The van der Waals surface area contributed by atoms with Crippen LogP contribution in [0.5, 0.6) is 0 Å². The van der Waals surface area contributed by atoms with Crippen LogP contribution in [0.2, 0.25) is 0 Å². The Bertz CT molecular complexity index is 434. The molecule has 0 amide bonds. The molecule has 3 rings (SSSR count). The molecule has 1 aliphatic carbocycles. The number of rotatable bonds is 1. The quantitative estimate of drug-likeness (QED) is 0.743. The first-order valence-corrected chi connectivity index (χ1v) is 7.79. The Morgan fingerprint density at radius 2 is 1.62 bits per heavy atom. The zero-order valence-electron chi connectivity index (χ0n) is 13.6. The Balaban J connectivity index is 1.71. The van der Waals surface area contributed by atoms with E-state index in [1.807, 2.05) is 34.6 Å². The maximum absolute atomic E-state index is 12.6. The molecule has 5 heteroatoms. The van der Waals surface area contributed by atoms with Crippen molar-refractivity contribution in [2.24, 2.45) is 11.8 Å². The maximum Gasteiger partial charge on any atom is 0.164 e. The third kappa shape index (κ3) is 2.89. The first-order valence-electron chi connectivity index (χ1n) is 7.79. The molecule has 0 N–H and O–H groups in total. The maximum atomic E-state index is 12.6. The van der Waals surface area contributed by atoms with Crippen molar-refractivity contribution in [2.75, 3.05) is 13.2 Å². The second kappa shape index (κ2) is 4.75. The first kappa shape index (κ1) is 15.4. The van der Waals surface area contributed by atoms with Gasteiger partial charge in [-0.1, -0.05) is 0 Å². The lowest BCUT2D eigenvalue weighted by Gasteiger charge is -2.42. The van der Waals surface area contributed by atoms with Crippen molar-refractivity contribution in [3.05, 3.63) is 0 Å². The summed E-state index contributed by atoms with van der Waals surface area (Å²) in [5.41, 5.74) is -0.493. The Hall–Kier alpha value is -0.490. The number of carbonyl (C=O) groups is 1. The van der Waals surface area contributed by atoms with Gasteiger partial charge in [0.25, 0.3) is 0 Å². The van der Waals surface area contributed by atoms with E-state index in [4.69, 9.17) is 18.9 Å². The van der Waals surface area contributed by atoms with Gasteiger partial charge in [0.2, 0.25) is 0 Å². The highest BCUT2D eigenvalue weighted by molar-refractivity contribution is 5.83. The molecular weight excluding hydrogens is 272 g/mol. The third-order valence-electron chi connectivity index (χ3n) is 4.85. The minimum atomic E-state index is -0.615. The summed E-state index contributed by atoms with van der Waals surface area (Å²) in [5.74, 6) is -0.862. The van der Waals surface area contributed by atoms with Crippen LogP contribution in [0, 0.1) is 11.8 Å². The molecule has 120 valence electrons. The minimum Gasteiger partial charge on any atom is -0.350 e. The topological polar surface area (TPSA) is 54.0 Å². The van der Waals surface area contributed by atoms with Crippen LogP contribution in [0.3, 0.4) is 0 Å². The summed E-state index contributed by atoms with van der Waals surface area (Å²) in [7, 11) is 0. The van der Waals surface area contributed by atoms with Crippen LogP contribution in [0.25, 0.3) is 0 Å². The lowest BCUT2D eigenvalue weighted by Crippen LogP contribution is -2.51. The van der Waals surface area contributed by atoms with Crippen molar-refractivity contribution in [3.8, 4) is 0 Å². The second-order valence-corrected chi connectivity index (χ2v) is 7.69. The van der Waals surface area contributed by atoms with Gasteiger partial charge in [0.05, 0.1) is 19.3 Å². The van der Waals surface area contributed by atoms with Gasteiger partial charge in [0.1, 0.15) is 11.4 Å². The van der Waals surface area contributed by atoms with Crippen LogP contribution < -0.4 is 0 Å². The number of hydrogen-bond donors (Lipinski definition) is 0. The zero-order valence-corrected chi connectivity index (χ0v) is 13.6. The Kier molecular flexibility index (Phi) is 3.49. The third-order valence-corrected chi connectivity index (χ3v) is 4.85. The van der Waals surface area contributed by atoms with Crippen LogP contribution in [0.4, 0.5) is 0 Å². The highest BCUT2D eigenvalue weighted by atomic mass is 16.8. The summed E-state index contributed by atoms with van der Waals surface area (Å²) in [6.07, 6.45) is 1.06. The fraction of sp³-hybridized carbons (Fsp3) is 0.938. The molecule has 3 atom stereocenters. The molecule has 0 bridgehead atoms. The fourth-order valence-corrected chi connectivity index (χ4v) is 3.80. The molecule has 0 spiro atoms. The largest absolute Gasteiger partial charge is 0.350 e. The summed E-state index contributed by atoms with van der Waals surface area (Å²) in [4.78, 5) is 12.6. The fourth-order valence-electron chi connectivity index (χ4n) is 3.80. The van der Waals surface area contributed by atoms with Gasteiger partial charge in [-0.2, -0.15) is 0 Å². The number of ether oxygens (including phenoxy) is 4. The molecule has 3 fully saturated rings. The Labute approximate surface area is 126 Å². The van der Waals surface area contributed by atoms with Crippen molar-refractivity contribution in [2.45, 2.75) is 70.7 Å². The van der Waals surface area contributed by atoms with Gasteiger partial charge in [0, 0.05) is 18.3 Å². The predicted molar refractivity (Wildman–Crippen MR) is 75.6 cm³/mol. The van der Waals surface area contributed by atoms with E-state index >= 15 is 0 Å². The van der Waals surface area contributed by atoms with E-state index in [2.05, 4.69) is 0 Å². The van der Waals surface area contributed by atoms with E-state index in [1.54, 1.807) is 0 Å². The standard InChI is InChI=1S/C16H26O5/c1-14(2)18-8-10(9-19-14)11-6-13-16(5,7-12(11)17)21-15(3,4)20-13/h10-11,13H,6-9H2,1-5H3/t11-,13-,16+/m1/s1. The van der Waals surface area contributed by atoms with E-state index in [0.29, 0.717) is 26.1 Å². The summed E-state index contributed by atoms with van der Waals surface area (Å²) >= 11 is 0. The van der Waals surface area contributed by atoms with Crippen molar-refractivity contribution < 1.29 is 23.7 Å². The van der Waals surface area contributed by atoms with Crippen molar-refractivity contribution in [1.29, 1.82) is 0 Å². The molecule has 0 aromatic rings. The molecule has 2 aliphatic heterocycles. The number of carbonyl (C=O) groups excluding carboxylic acids is 1. The van der Waals surface area contributed by atoms with Gasteiger partial charge in [-0.25, -0.2) is 0 Å². The van der Waals surface area contributed by atoms with Gasteiger partial charge in [-0.3, -0.25) is 4.79 Å². The lowest BCUT2D eigenvalue weighted by atomic mass is 9.72. The number of Topliss-reactive ketones (excluding diaryl/α,β-unsaturated/α-hetero) is 1.